The quantitative estimate of drug-likeness (QED) is 0.755. The number of nitrogens with zero attached hydrogens (tertiary/aromatic N) is 1. The Hall–Kier alpha value is -1.10. The van der Waals surface area contributed by atoms with E-state index < -0.39 is 5.97 Å². The van der Waals surface area contributed by atoms with Gasteiger partial charge < -0.3 is 14.7 Å². The number of carbonyl (C=O) groups is 2. The fraction of sp³-hybridized carbons (Fsp3) is 0.818. The summed E-state index contributed by atoms with van der Waals surface area (Å²) < 4.78 is 5.23. The third-order valence-corrected chi connectivity index (χ3v) is 2.91. The monoisotopic (exact) mass is 229 g/mol. The summed E-state index contributed by atoms with van der Waals surface area (Å²) in [7, 11) is 1.53. The smallest absolute Gasteiger partial charge is 0.323 e. The highest BCUT2D eigenvalue weighted by Gasteiger charge is 2.17. The van der Waals surface area contributed by atoms with Gasteiger partial charge in [-0.2, -0.15) is 0 Å². The summed E-state index contributed by atoms with van der Waals surface area (Å²) in [6.07, 6.45) is 3.30. The maximum Gasteiger partial charge on any atom is 0.323 e. The van der Waals surface area contributed by atoms with Crippen molar-refractivity contribution in [3.05, 3.63) is 0 Å². The fourth-order valence-electron chi connectivity index (χ4n) is 1.84. The molecule has 1 N–H and O–H groups in total. The maximum atomic E-state index is 11.6. The predicted molar refractivity (Wildman–Crippen MR) is 58.0 cm³/mol. The molecule has 0 aromatic heterocycles. The number of hydrogen-bond acceptors (Lipinski definition) is 3. The second-order valence-corrected chi connectivity index (χ2v) is 4.24. The number of carboxylic acids is 1. The molecule has 5 heteroatoms. The molecule has 1 fully saturated rings. The molecule has 0 aliphatic carbocycles. The van der Waals surface area contributed by atoms with Crippen LogP contribution >= 0.6 is 0 Å². The Kier molecular flexibility index (Phi) is 5.25. The van der Waals surface area contributed by atoms with Crippen molar-refractivity contribution in [3.63, 3.8) is 0 Å². The zero-order valence-electron chi connectivity index (χ0n) is 9.65. The third-order valence-electron chi connectivity index (χ3n) is 2.91. The molecule has 0 unspecified atom stereocenters. The number of rotatable bonds is 5. The Morgan fingerprint density at radius 3 is 2.56 bits per heavy atom. The van der Waals surface area contributed by atoms with Crippen molar-refractivity contribution in [2.24, 2.45) is 5.92 Å². The summed E-state index contributed by atoms with van der Waals surface area (Å²) in [4.78, 5) is 23.2. The lowest BCUT2D eigenvalue weighted by Gasteiger charge is -2.22. The summed E-state index contributed by atoms with van der Waals surface area (Å²) in [6.45, 7) is 1.35. The maximum absolute atomic E-state index is 11.6. The first-order chi connectivity index (χ1) is 7.59. The van der Waals surface area contributed by atoms with Gasteiger partial charge in [-0.15, -0.1) is 0 Å². The molecule has 0 spiro atoms. The average Bonchev–Trinajstić information content (AvgIpc) is 2.26. The number of hydrogen-bond donors (Lipinski definition) is 1. The number of likely N-dealkylation sites (N-methyl/N-ethyl adjacent to an activating group) is 1. The lowest BCUT2D eigenvalue weighted by Crippen LogP contribution is -2.32. The first-order valence-corrected chi connectivity index (χ1v) is 5.63. The van der Waals surface area contributed by atoms with E-state index in [1.165, 1.54) is 11.9 Å². The fourth-order valence-corrected chi connectivity index (χ4v) is 1.84. The van der Waals surface area contributed by atoms with E-state index in [2.05, 4.69) is 0 Å². The molecular weight excluding hydrogens is 210 g/mol. The molecule has 0 radical (unpaired) electrons. The van der Waals surface area contributed by atoms with Crippen molar-refractivity contribution >= 4 is 11.9 Å². The SMILES string of the molecule is CN(CC(=O)O)C(=O)CCC1CCOCC1. The van der Waals surface area contributed by atoms with Crippen LogP contribution in [0.1, 0.15) is 25.7 Å². The van der Waals surface area contributed by atoms with Crippen LogP contribution in [0.4, 0.5) is 0 Å². The summed E-state index contributed by atoms with van der Waals surface area (Å²) in [5, 5.41) is 8.54. The minimum atomic E-state index is -0.970. The minimum absolute atomic E-state index is 0.0890. The van der Waals surface area contributed by atoms with Crippen molar-refractivity contribution in [3.8, 4) is 0 Å². The Labute approximate surface area is 95.4 Å². The molecule has 0 atom stereocenters. The van der Waals surface area contributed by atoms with Gasteiger partial charge in [-0.05, 0) is 25.2 Å². The zero-order chi connectivity index (χ0) is 12.0. The Balaban J connectivity index is 2.20. The van der Waals surface area contributed by atoms with Crippen LogP contribution in [0.25, 0.3) is 0 Å². The Bertz CT molecular complexity index is 248. The van der Waals surface area contributed by atoms with Crippen LogP contribution in [0.5, 0.6) is 0 Å². The highest BCUT2D eigenvalue weighted by atomic mass is 16.5. The van der Waals surface area contributed by atoms with Crippen molar-refractivity contribution < 1.29 is 19.4 Å². The normalized spacial score (nSPS) is 17.1. The summed E-state index contributed by atoms with van der Waals surface area (Å²) in [6, 6.07) is 0. The molecule has 0 saturated carbocycles. The van der Waals surface area contributed by atoms with Gasteiger partial charge in [0.15, 0.2) is 0 Å². The van der Waals surface area contributed by atoms with Crippen molar-refractivity contribution in [1.29, 1.82) is 0 Å². The van der Waals surface area contributed by atoms with Crippen molar-refractivity contribution in [1.82, 2.24) is 4.90 Å². The van der Waals surface area contributed by atoms with E-state index in [4.69, 9.17) is 9.84 Å². The molecule has 16 heavy (non-hydrogen) atoms. The largest absolute Gasteiger partial charge is 0.480 e. The van der Waals surface area contributed by atoms with E-state index in [1.807, 2.05) is 0 Å². The number of carboxylic acid groups (broad SMARTS) is 1. The summed E-state index contributed by atoms with van der Waals surface area (Å²) in [5.74, 6) is -0.508. The number of aliphatic carboxylic acids is 1. The minimum Gasteiger partial charge on any atom is -0.480 e. The second-order valence-electron chi connectivity index (χ2n) is 4.24. The molecule has 1 amide bonds. The number of carbonyl (C=O) groups excluding carboxylic acids is 1. The molecule has 1 rings (SSSR count). The number of ether oxygens (including phenoxy) is 1. The molecule has 1 heterocycles. The highest BCUT2D eigenvalue weighted by Crippen LogP contribution is 2.20. The van der Waals surface area contributed by atoms with E-state index in [0.717, 1.165) is 32.5 Å². The predicted octanol–water partition coefficient (Wildman–Crippen LogP) is 0.736. The van der Waals surface area contributed by atoms with Gasteiger partial charge in [0.05, 0.1) is 0 Å². The van der Waals surface area contributed by atoms with Crippen LogP contribution in [0.2, 0.25) is 0 Å². The first kappa shape index (κ1) is 13.0. The van der Waals surface area contributed by atoms with Crippen LogP contribution in [0.3, 0.4) is 0 Å². The molecule has 1 saturated heterocycles. The molecule has 5 nitrogen and oxygen atoms in total. The third kappa shape index (κ3) is 4.61. The van der Waals surface area contributed by atoms with E-state index in [1.54, 1.807) is 0 Å². The van der Waals surface area contributed by atoms with Gasteiger partial charge in [0.1, 0.15) is 6.54 Å². The van der Waals surface area contributed by atoms with Crippen molar-refractivity contribution in [2.75, 3.05) is 26.8 Å². The lowest BCUT2D eigenvalue weighted by atomic mass is 9.95. The van der Waals surface area contributed by atoms with Gasteiger partial charge >= 0.3 is 5.97 Å². The molecule has 92 valence electrons. The van der Waals surface area contributed by atoms with Gasteiger partial charge in [0, 0.05) is 26.7 Å². The summed E-state index contributed by atoms with van der Waals surface area (Å²) in [5.41, 5.74) is 0. The first-order valence-electron chi connectivity index (χ1n) is 5.63. The van der Waals surface area contributed by atoms with Gasteiger partial charge in [0.2, 0.25) is 5.91 Å². The topological polar surface area (TPSA) is 66.8 Å². The van der Waals surface area contributed by atoms with Crippen molar-refractivity contribution in [2.45, 2.75) is 25.7 Å². The van der Waals surface area contributed by atoms with Crippen LogP contribution < -0.4 is 0 Å². The van der Waals surface area contributed by atoms with Gasteiger partial charge in [-0.25, -0.2) is 0 Å². The van der Waals surface area contributed by atoms with Gasteiger partial charge in [0.25, 0.3) is 0 Å². The Morgan fingerprint density at radius 1 is 1.38 bits per heavy atom. The average molecular weight is 229 g/mol. The van der Waals surface area contributed by atoms with E-state index in [9.17, 15) is 9.59 Å². The molecule has 1 aliphatic heterocycles. The summed E-state index contributed by atoms with van der Waals surface area (Å²) >= 11 is 0. The van der Waals surface area contributed by atoms with Crippen LogP contribution in [0.15, 0.2) is 0 Å². The van der Waals surface area contributed by atoms with E-state index in [-0.39, 0.29) is 12.5 Å². The highest BCUT2D eigenvalue weighted by molar-refractivity contribution is 5.80. The van der Waals surface area contributed by atoms with Crippen LogP contribution in [-0.2, 0) is 14.3 Å². The standard InChI is InChI=1S/C11H19NO4/c1-12(8-11(14)15)10(13)3-2-9-4-6-16-7-5-9/h9H,2-8H2,1H3,(H,14,15). The molecule has 0 aromatic carbocycles. The zero-order valence-corrected chi connectivity index (χ0v) is 9.65. The molecule has 1 aliphatic rings. The van der Waals surface area contributed by atoms with Gasteiger partial charge in [-0.3, -0.25) is 9.59 Å². The number of amides is 1. The van der Waals surface area contributed by atoms with Crippen LogP contribution in [-0.4, -0.2) is 48.7 Å². The molecule has 0 bridgehead atoms. The molecular formula is C11H19NO4. The lowest BCUT2D eigenvalue weighted by molar-refractivity contribution is -0.143. The van der Waals surface area contributed by atoms with E-state index >= 15 is 0 Å². The Morgan fingerprint density at radius 2 is 2.00 bits per heavy atom. The molecule has 0 aromatic rings. The van der Waals surface area contributed by atoms with Gasteiger partial charge in [-0.1, -0.05) is 0 Å². The van der Waals surface area contributed by atoms with E-state index in [0.29, 0.717) is 12.3 Å². The van der Waals surface area contributed by atoms with Crippen LogP contribution in [0, 0.1) is 5.92 Å². The second kappa shape index (κ2) is 6.48.